The highest BCUT2D eigenvalue weighted by Gasteiger charge is 2.13. The first-order chi connectivity index (χ1) is 9.66. The molecule has 98 valence electrons. The molecule has 0 bridgehead atoms. The van der Waals surface area contributed by atoms with Crippen LogP contribution in [0.15, 0.2) is 54.9 Å². The molecule has 1 heterocycles. The summed E-state index contributed by atoms with van der Waals surface area (Å²) in [5.74, 6) is -0.728. The lowest BCUT2D eigenvalue weighted by atomic mass is 9.98. The van der Waals surface area contributed by atoms with Crippen molar-refractivity contribution in [2.24, 2.45) is 0 Å². The van der Waals surface area contributed by atoms with Crippen molar-refractivity contribution in [1.29, 1.82) is 0 Å². The molecule has 1 aromatic heterocycles. The predicted molar refractivity (Wildman–Crippen MR) is 76.6 cm³/mol. The highest BCUT2D eigenvalue weighted by Crippen LogP contribution is 2.23. The van der Waals surface area contributed by atoms with E-state index in [9.17, 15) is 9.18 Å². The van der Waals surface area contributed by atoms with Crippen LogP contribution in [0.3, 0.4) is 0 Å². The average Bonchev–Trinajstić information content (AvgIpc) is 2.49. The van der Waals surface area contributed by atoms with E-state index in [-0.39, 0.29) is 10.8 Å². The minimum absolute atomic E-state index is 0.0576. The summed E-state index contributed by atoms with van der Waals surface area (Å²) >= 11 is 5.73. The molecule has 0 spiro atoms. The van der Waals surface area contributed by atoms with Crippen molar-refractivity contribution in [2.75, 3.05) is 0 Å². The highest BCUT2D eigenvalue weighted by atomic mass is 35.5. The van der Waals surface area contributed by atoms with Crippen LogP contribution >= 0.6 is 11.6 Å². The second-order valence-electron chi connectivity index (χ2n) is 4.36. The zero-order valence-corrected chi connectivity index (χ0v) is 11.1. The molecule has 2 aromatic carbocycles. The molecule has 0 amide bonds. The molecule has 0 radical (unpaired) electrons. The fourth-order valence-electron chi connectivity index (χ4n) is 2.11. The van der Waals surface area contributed by atoms with Gasteiger partial charge >= 0.3 is 0 Å². The van der Waals surface area contributed by atoms with E-state index in [4.69, 9.17) is 11.6 Å². The molecule has 0 unspecified atom stereocenters. The number of aromatic nitrogens is 1. The van der Waals surface area contributed by atoms with Gasteiger partial charge in [0.2, 0.25) is 0 Å². The summed E-state index contributed by atoms with van der Waals surface area (Å²) in [6, 6.07) is 11.2. The lowest BCUT2D eigenvalue weighted by molar-refractivity contribution is 0.104. The van der Waals surface area contributed by atoms with E-state index in [1.54, 1.807) is 30.6 Å². The lowest BCUT2D eigenvalue weighted by Crippen LogP contribution is -2.02. The summed E-state index contributed by atoms with van der Waals surface area (Å²) in [5.41, 5.74) is 0.910. The first kappa shape index (κ1) is 12.8. The number of nitrogens with zero attached hydrogens (tertiary/aromatic N) is 1. The van der Waals surface area contributed by atoms with Crippen LogP contribution in [-0.2, 0) is 0 Å². The summed E-state index contributed by atoms with van der Waals surface area (Å²) in [7, 11) is 0. The van der Waals surface area contributed by atoms with Crippen molar-refractivity contribution in [3.05, 3.63) is 76.8 Å². The number of benzene rings is 2. The minimum Gasteiger partial charge on any atom is -0.289 e. The quantitative estimate of drug-likeness (QED) is 0.659. The van der Waals surface area contributed by atoms with Gasteiger partial charge in [0.15, 0.2) is 5.78 Å². The summed E-state index contributed by atoms with van der Waals surface area (Å²) in [6.07, 6.45) is 3.33. The van der Waals surface area contributed by atoms with Crippen molar-refractivity contribution in [3.63, 3.8) is 0 Å². The third-order valence-corrected chi connectivity index (χ3v) is 3.40. The molecular formula is C16H9ClFNO. The maximum absolute atomic E-state index is 13.2. The molecule has 0 fully saturated rings. The molecule has 0 saturated carbocycles. The van der Waals surface area contributed by atoms with Crippen LogP contribution in [0.1, 0.15) is 15.9 Å². The monoisotopic (exact) mass is 285 g/mol. The number of halogens is 2. The van der Waals surface area contributed by atoms with Gasteiger partial charge in [-0.05, 0) is 29.7 Å². The zero-order valence-electron chi connectivity index (χ0n) is 10.3. The standard InChI is InChI=1S/C16H9ClFNO/c17-14-8-10(4-5-15(14)18)16(20)13-3-1-2-11-9-19-7-6-12(11)13/h1-9H. The summed E-state index contributed by atoms with van der Waals surface area (Å²) < 4.78 is 13.2. The molecule has 0 atom stereocenters. The number of carbonyl (C=O) groups excluding carboxylic acids is 1. The SMILES string of the molecule is O=C(c1ccc(F)c(Cl)c1)c1cccc2cnccc12. The Morgan fingerprint density at radius 3 is 2.80 bits per heavy atom. The second-order valence-corrected chi connectivity index (χ2v) is 4.77. The molecule has 2 nitrogen and oxygen atoms in total. The van der Waals surface area contributed by atoms with Gasteiger partial charge < -0.3 is 0 Å². The van der Waals surface area contributed by atoms with E-state index >= 15 is 0 Å². The predicted octanol–water partition coefficient (Wildman–Crippen LogP) is 4.26. The Balaban J connectivity index is 2.15. The first-order valence-corrected chi connectivity index (χ1v) is 6.37. The van der Waals surface area contributed by atoms with Gasteiger partial charge in [0.1, 0.15) is 5.82 Å². The molecule has 0 aliphatic carbocycles. The van der Waals surface area contributed by atoms with Crippen molar-refractivity contribution in [2.45, 2.75) is 0 Å². The van der Waals surface area contributed by atoms with E-state index < -0.39 is 5.82 Å². The van der Waals surface area contributed by atoms with Crippen molar-refractivity contribution in [1.82, 2.24) is 4.98 Å². The van der Waals surface area contributed by atoms with Gasteiger partial charge in [0.25, 0.3) is 0 Å². The molecule has 4 heteroatoms. The summed E-state index contributed by atoms with van der Waals surface area (Å²) in [5, 5.41) is 1.64. The van der Waals surface area contributed by atoms with Gasteiger partial charge in [0.05, 0.1) is 5.02 Å². The number of rotatable bonds is 2. The Labute approximate surface area is 119 Å². The van der Waals surface area contributed by atoms with E-state index in [1.807, 2.05) is 6.07 Å². The number of pyridine rings is 1. The van der Waals surface area contributed by atoms with Crippen LogP contribution in [0, 0.1) is 5.82 Å². The molecule has 0 aliphatic rings. The smallest absolute Gasteiger partial charge is 0.193 e. The molecule has 20 heavy (non-hydrogen) atoms. The number of carbonyl (C=O) groups is 1. The van der Waals surface area contributed by atoms with Crippen molar-refractivity contribution in [3.8, 4) is 0 Å². The van der Waals surface area contributed by atoms with Gasteiger partial charge in [-0.3, -0.25) is 9.78 Å². The second kappa shape index (κ2) is 5.02. The molecule has 0 aliphatic heterocycles. The average molecular weight is 286 g/mol. The minimum atomic E-state index is -0.537. The van der Waals surface area contributed by atoms with E-state index in [1.165, 1.54) is 18.2 Å². The van der Waals surface area contributed by atoms with Crippen molar-refractivity contribution < 1.29 is 9.18 Å². The van der Waals surface area contributed by atoms with E-state index in [2.05, 4.69) is 4.98 Å². The van der Waals surface area contributed by atoms with Crippen LogP contribution in [-0.4, -0.2) is 10.8 Å². The fourth-order valence-corrected chi connectivity index (χ4v) is 2.29. The first-order valence-electron chi connectivity index (χ1n) is 5.99. The van der Waals surface area contributed by atoms with Crippen LogP contribution in [0.25, 0.3) is 10.8 Å². The third kappa shape index (κ3) is 2.17. The third-order valence-electron chi connectivity index (χ3n) is 3.11. The van der Waals surface area contributed by atoms with Gasteiger partial charge in [0, 0.05) is 28.9 Å². The molecular weight excluding hydrogens is 277 g/mol. The zero-order chi connectivity index (χ0) is 14.1. The highest BCUT2D eigenvalue weighted by molar-refractivity contribution is 6.31. The normalized spacial score (nSPS) is 10.7. The van der Waals surface area contributed by atoms with Crippen LogP contribution in [0.4, 0.5) is 4.39 Å². The number of ketones is 1. The maximum Gasteiger partial charge on any atom is 0.193 e. The number of hydrogen-bond donors (Lipinski definition) is 0. The largest absolute Gasteiger partial charge is 0.289 e. The van der Waals surface area contributed by atoms with Gasteiger partial charge in [-0.2, -0.15) is 0 Å². The Hall–Kier alpha value is -2.26. The summed E-state index contributed by atoms with van der Waals surface area (Å²) in [4.78, 5) is 16.6. The topological polar surface area (TPSA) is 30.0 Å². The fraction of sp³-hybridized carbons (Fsp3) is 0. The number of hydrogen-bond acceptors (Lipinski definition) is 2. The van der Waals surface area contributed by atoms with Gasteiger partial charge in [-0.25, -0.2) is 4.39 Å². The summed E-state index contributed by atoms with van der Waals surface area (Å²) in [6.45, 7) is 0. The van der Waals surface area contributed by atoms with E-state index in [0.717, 1.165) is 10.8 Å². The van der Waals surface area contributed by atoms with E-state index in [0.29, 0.717) is 11.1 Å². The maximum atomic E-state index is 13.2. The Bertz CT molecular complexity index is 811. The molecule has 3 rings (SSSR count). The molecule has 3 aromatic rings. The Morgan fingerprint density at radius 1 is 1.15 bits per heavy atom. The lowest BCUT2D eigenvalue weighted by Gasteiger charge is -2.06. The van der Waals surface area contributed by atoms with Gasteiger partial charge in [-0.1, -0.05) is 29.8 Å². The molecule has 0 N–H and O–H groups in total. The molecule has 0 saturated heterocycles. The van der Waals surface area contributed by atoms with Crippen LogP contribution in [0.2, 0.25) is 5.02 Å². The Morgan fingerprint density at radius 2 is 2.00 bits per heavy atom. The Kier molecular flexibility index (Phi) is 3.20. The van der Waals surface area contributed by atoms with Crippen LogP contribution < -0.4 is 0 Å². The van der Waals surface area contributed by atoms with Crippen LogP contribution in [0.5, 0.6) is 0 Å². The van der Waals surface area contributed by atoms with Gasteiger partial charge in [-0.15, -0.1) is 0 Å². The number of fused-ring (bicyclic) bond motifs is 1. The van der Waals surface area contributed by atoms with Crippen molar-refractivity contribution >= 4 is 28.2 Å².